The maximum absolute atomic E-state index is 11.5. The van der Waals surface area contributed by atoms with Crippen LogP contribution in [0.3, 0.4) is 0 Å². The number of hydrogen-bond donors (Lipinski definition) is 1. The number of ether oxygens (including phenoxy) is 1. The van der Waals surface area contributed by atoms with Gasteiger partial charge in [0.05, 0.1) is 6.61 Å². The summed E-state index contributed by atoms with van der Waals surface area (Å²) >= 11 is 0. The van der Waals surface area contributed by atoms with Crippen molar-refractivity contribution >= 4 is 5.91 Å². The first-order valence-electron chi connectivity index (χ1n) is 5.82. The van der Waals surface area contributed by atoms with Crippen molar-refractivity contribution in [3.05, 3.63) is 0 Å². The van der Waals surface area contributed by atoms with Gasteiger partial charge in [-0.3, -0.25) is 4.79 Å². The zero-order chi connectivity index (χ0) is 11.5. The lowest BCUT2D eigenvalue weighted by Crippen LogP contribution is -2.40. The molecule has 1 aliphatic heterocycles. The Bertz CT molecular complexity index is 228. The maximum Gasteiger partial charge on any atom is 0.220 e. The van der Waals surface area contributed by atoms with E-state index in [-0.39, 0.29) is 17.4 Å². The molecular weight excluding hydrogens is 190 g/mol. The second-order valence-electron chi connectivity index (χ2n) is 5.08. The van der Waals surface area contributed by atoms with Crippen molar-refractivity contribution in [2.75, 3.05) is 13.7 Å². The van der Waals surface area contributed by atoms with Gasteiger partial charge in [0.2, 0.25) is 5.91 Å². The van der Waals surface area contributed by atoms with Crippen LogP contribution in [0.5, 0.6) is 0 Å². The predicted molar refractivity (Wildman–Crippen MR) is 60.6 cm³/mol. The summed E-state index contributed by atoms with van der Waals surface area (Å²) < 4.78 is 5.29. The van der Waals surface area contributed by atoms with E-state index in [1.807, 2.05) is 0 Å². The van der Waals surface area contributed by atoms with E-state index in [1.54, 1.807) is 7.11 Å². The molecule has 1 amide bonds. The van der Waals surface area contributed by atoms with Crippen LogP contribution in [0, 0.1) is 11.3 Å². The summed E-state index contributed by atoms with van der Waals surface area (Å²) in [4.78, 5) is 11.5. The summed E-state index contributed by atoms with van der Waals surface area (Å²) in [7, 11) is 1.71. The molecule has 1 heterocycles. The Morgan fingerprint density at radius 2 is 2.27 bits per heavy atom. The molecule has 1 saturated heterocycles. The van der Waals surface area contributed by atoms with E-state index in [0.717, 1.165) is 12.8 Å². The van der Waals surface area contributed by atoms with Gasteiger partial charge in [0, 0.05) is 25.0 Å². The van der Waals surface area contributed by atoms with Crippen molar-refractivity contribution in [3.8, 4) is 0 Å². The number of amides is 1. The molecule has 0 bridgehead atoms. The average molecular weight is 213 g/mol. The van der Waals surface area contributed by atoms with Crippen molar-refractivity contribution in [1.29, 1.82) is 0 Å². The van der Waals surface area contributed by atoms with Gasteiger partial charge >= 0.3 is 0 Å². The first-order valence-corrected chi connectivity index (χ1v) is 5.82. The van der Waals surface area contributed by atoms with Crippen LogP contribution in [-0.4, -0.2) is 25.7 Å². The topological polar surface area (TPSA) is 38.3 Å². The van der Waals surface area contributed by atoms with Crippen LogP contribution in [0.2, 0.25) is 0 Å². The van der Waals surface area contributed by atoms with Crippen LogP contribution in [0.25, 0.3) is 0 Å². The van der Waals surface area contributed by atoms with Crippen molar-refractivity contribution in [3.63, 3.8) is 0 Å². The van der Waals surface area contributed by atoms with Gasteiger partial charge in [0.1, 0.15) is 0 Å². The molecule has 0 aromatic carbocycles. The second kappa shape index (κ2) is 4.97. The Morgan fingerprint density at radius 3 is 2.73 bits per heavy atom. The van der Waals surface area contributed by atoms with E-state index >= 15 is 0 Å². The van der Waals surface area contributed by atoms with Crippen molar-refractivity contribution in [2.24, 2.45) is 11.3 Å². The molecule has 1 rings (SSSR count). The summed E-state index contributed by atoms with van der Waals surface area (Å²) in [6, 6.07) is 0.287. The summed E-state index contributed by atoms with van der Waals surface area (Å²) in [5.41, 5.74) is 0.0239. The summed E-state index contributed by atoms with van der Waals surface area (Å²) in [6.07, 6.45) is 2.66. The third kappa shape index (κ3) is 2.71. The van der Waals surface area contributed by atoms with Gasteiger partial charge < -0.3 is 10.1 Å². The van der Waals surface area contributed by atoms with Crippen LogP contribution in [0.15, 0.2) is 0 Å². The normalized spacial score (nSPS) is 31.0. The van der Waals surface area contributed by atoms with Gasteiger partial charge in [-0.05, 0) is 18.8 Å². The van der Waals surface area contributed by atoms with E-state index in [2.05, 4.69) is 26.1 Å². The monoisotopic (exact) mass is 213 g/mol. The third-order valence-corrected chi connectivity index (χ3v) is 3.43. The average Bonchev–Trinajstić information content (AvgIpc) is 2.43. The van der Waals surface area contributed by atoms with Gasteiger partial charge in [-0.15, -0.1) is 0 Å². The number of carbonyl (C=O) groups excluding carboxylic acids is 1. The number of hydrogen-bond acceptors (Lipinski definition) is 2. The molecule has 1 fully saturated rings. The number of carbonyl (C=O) groups is 1. The first-order chi connectivity index (χ1) is 7.04. The molecule has 0 radical (unpaired) electrons. The zero-order valence-electron chi connectivity index (χ0n) is 10.3. The van der Waals surface area contributed by atoms with Crippen LogP contribution in [0.4, 0.5) is 0 Å². The summed E-state index contributed by atoms with van der Waals surface area (Å²) in [5.74, 6) is 0.788. The van der Waals surface area contributed by atoms with Gasteiger partial charge in [0.15, 0.2) is 0 Å². The molecule has 1 N–H and O–H groups in total. The summed E-state index contributed by atoms with van der Waals surface area (Å²) in [5, 5.41) is 3.09. The Balaban J connectivity index is 2.76. The second-order valence-corrected chi connectivity index (χ2v) is 5.08. The van der Waals surface area contributed by atoms with Crippen LogP contribution >= 0.6 is 0 Å². The molecule has 0 aromatic heterocycles. The molecule has 0 spiro atoms. The molecule has 88 valence electrons. The smallest absolute Gasteiger partial charge is 0.220 e. The third-order valence-electron chi connectivity index (χ3n) is 3.43. The first kappa shape index (κ1) is 12.5. The molecular formula is C12H23NO2. The minimum absolute atomic E-state index is 0.0239. The molecule has 0 saturated carbocycles. The Kier molecular flexibility index (Phi) is 4.14. The molecule has 1 aliphatic rings. The zero-order valence-corrected chi connectivity index (χ0v) is 10.3. The summed E-state index contributed by atoms with van der Waals surface area (Å²) in [6.45, 7) is 7.21. The van der Waals surface area contributed by atoms with Crippen molar-refractivity contribution in [2.45, 2.75) is 46.1 Å². The fraction of sp³-hybridized carbons (Fsp3) is 0.917. The lowest BCUT2D eigenvalue weighted by atomic mass is 9.76. The number of rotatable bonds is 5. The Hall–Kier alpha value is -0.570. The lowest BCUT2D eigenvalue weighted by Gasteiger charge is -2.33. The van der Waals surface area contributed by atoms with E-state index < -0.39 is 0 Å². The fourth-order valence-corrected chi connectivity index (χ4v) is 2.53. The SMILES string of the molecule is CCC1(COC)CC(=O)NC1CC(C)C. The predicted octanol–water partition coefficient (Wildman–Crippen LogP) is 1.96. The fourth-order valence-electron chi connectivity index (χ4n) is 2.53. The van der Waals surface area contributed by atoms with E-state index in [4.69, 9.17) is 4.74 Å². The maximum atomic E-state index is 11.5. The quantitative estimate of drug-likeness (QED) is 0.758. The van der Waals surface area contributed by atoms with Gasteiger partial charge in [-0.2, -0.15) is 0 Å². The highest BCUT2D eigenvalue weighted by atomic mass is 16.5. The van der Waals surface area contributed by atoms with Crippen LogP contribution in [-0.2, 0) is 9.53 Å². The Morgan fingerprint density at radius 1 is 1.60 bits per heavy atom. The van der Waals surface area contributed by atoms with Gasteiger partial charge in [0.25, 0.3) is 0 Å². The highest BCUT2D eigenvalue weighted by molar-refractivity contribution is 5.80. The minimum atomic E-state index is 0.0239. The van der Waals surface area contributed by atoms with Crippen molar-refractivity contribution < 1.29 is 9.53 Å². The van der Waals surface area contributed by atoms with Gasteiger partial charge in [-0.1, -0.05) is 20.8 Å². The molecule has 15 heavy (non-hydrogen) atoms. The largest absolute Gasteiger partial charge is 0.384 e. The standard InChI is InChI=1S/C12H23NO2/c1-5-12(8-15-4)7-11(14)13-10(12)6-9(2)3/h9-10H,5-8H2,1-4H3,(H,13,14). The van der Waals surface area contributed by atoms with Gasteiger partial charge in [-0.25, -0.2) is 0 Å². The Labute approximate surface area is 92.6 Å². The molecule has 3 heteroatoms. The van der Waals surface area contributed by atoms with Crippen LogP contribution < -0.4 is 5.32 Å². The molecule has 0 aromatic rings. The molecule has 2 atom stereocenters. The minimum Gasteiger partial charge on any atom is -0.384 e. The van der Waals surface area contributed by atoms with Crippen molar-refractivity contribution in [1.82, 2.24) is 5.32 Å². The molecule has 2 unspecified atom stereocenters. The van der Waals surface area contributed by atoms with E-state index in [0.29, 0.717) is 18.9 Å². The lowest BCUT2D eigenvalue weighted by molar-refractivity contribution is -0.120. The van der Waals surface area contributed by atoms with Crippen LogP contribution in [0.1, 0.15) is 40.0 Å². The molecule has 0 aliphatic carbocycles. The number of nitrogens with one attached hydrogen (secondary N) is 1. The molecule has 3 nitrogen and oxygen atoms in total. The number of methoxy groups -OCH3 is 1. The van der Waals surface area contributed by atoms with E-state index in [1.165, 1.54) is 0 Å². The van der Waals surface area contributed by atoms with E-state index in [9.17, 15) is 4.79 Å². The highest BCUT2D eigenvalue weighted by Gasteiger charge is 2.45. The highest BCUT2D eigenvalue weighted by Crippen LogP contribution is 2.38.